The summed E-state index contributed by atoms with van der Waals surface area (Å²) in [5.74, 6) is 2.02. The molecular formula is C18H23NO2. The van der Waals surface area contributed by atoms with Crippen LogP contribution in [-0.4, -0.2) is 20.3 Å². The molecule has 0 amide bonds. The van der Waals surface area contributed by atoms with E-state index >= 15 is 0 Å². The Labute approximate surface area is 126 Å². The second kappa shape index (κ2) is 7.14. The van der Waals surface area contributed by atoms with Gasteiger partial charge in [-0.3, -0.25) is 0 Å². The number of nitrogens with two attached hydrogens (primary N) is 1. The highest BCUT2D eigenvalue weighted by Crippen LogP contribution is 2.31. The van der Waals surface area contributed by atoms with E-state index in [0.29, 0.717) is 0 Å². The topological polar surface area (TPSA) is 44.5 Å². The zero-order chi connectivity index (χ0) is 15.2. The number of ether oxygens (including phenoxy) is 2. The van der Waals surface area contributed by atoms with Gasteiger partial charge >= 0.3 is 0 Å². The molecule has 0 bridgehead atoms. The average Bonchev–Trinajstić information content (AvgIpc) is 2.53. The lowest BCUT2D eigenvalue weighted by molar-refractivity contribution is 0.414. The third-order valence-electron chi connectivity index (χ3n) is 3.64. The van der Waals surface area contributed by atoms with Crippen LogP contribution in [-0.2, 0) is 0 Å². The van der Waals surface area contributed by atoms with Crippen LogP contribution in [0.5, 0.6) is 11.5 Å². The summed E-state index contributed by atoms with van der Waals surface area (Å²) in [5, 5.41) is 0. The summed E-state index contributed by atoms with van der Waals surface area (Å²) in [4.78, 5) is 0. The van der Waals surface area contributed by atoms with E-state index in [2.05, 4.69) is 24.3 Å². The maximum Gasteiger partial charge on any atom is 0.118 e. The Morgan fingerprint density at radius 3 is 1.48 bits per heavy atom. The Morgan fingerprint density at radius 1 is 0.810 bits per heavy atom. The van der Waals surface area contributed by atoms with Gasteiger partial charge in [0, 0.05) is 12.0 Å². The highest BCUT2D eigenvalue weighted by Gasteiger charge is 2.16. The summed E-state index contributed by atoms with van der Waals surface area (Å²) < 4.78 is 10.4. The summed E-state index contributed by atoms with van der Waals surface area (Å²) in [5.41, 5.74) is 8.53. The molecular weight excluding hydrogens is 262 g/mol. The fraction of sp³-hybridized carbons (Fsp3) is 0.333. The van der Waals surface area contributed by atoms with E-state index in [9.17, 15) is 0 Å². The molecule has 0 aromatic heterocycles. The lowest BCUT2D eigenvalue weighted by Gasteiger charge is -2.20. The number of benzene rings is 2. The average molecular weight is 285 g/mol. The molecule has 0 spiro atoms. The van der Waals surface area contributed by atoms with Gasteiger partial charge < -0.3 is 15.2 Å². The van der Waals surface area contributed by atoms with Crippen molar-refractivity contribution in [3.63, 3.8) is 0 Å². The molecule has 0 fully saturated rings. The van der Waals surface area contributed by atoms with Crippen LogP contribution in [0.2, 0.25) is 0 Å². The van der Waals surface area contributed by atoms with Crippen molar-refractivity contribution in [2.45, 2.75) is 25.3 Å². The number of methoxy groups -OCH3 is 2. The van der Waals surface area contributed by atoms with Crippen LogP contribution in [0.4, 0.5) is 0 Å². The Bertz CT molecular complexity index is 499. The Morgan fingerprint density at radius 2 is 1.19 bits per heavy atom. The first-order chi connectivity index (χ1) is 10.1. The molecule has 2 N–H and O–H groups in total. The number of rotatable bonds is 6. The Kier molecular flexibility index (Phi) is 5.23. The summed E-state index contributed by atoms with van der Waals surface area (Å²) in [7, 11) is 3.36. The van der Waals surface area contributed by atoms with Crippen LogP contribution in [0.15, 0.2) is 48.5 Å². The molecule has 0 aliphatic rings. The highest BCUT2D eigenvalue weighted by molar-refractivity contribution is 5.38. The normalized spacial score (nSPS) is 12.2. The van der Waals surface area contributed by atoms with Gasteiger partial charge in [0.05, 0.1) is 14.2 Å². The molecule has 0 unspecified atom stereocenters. The Hall–Kier alpha value is -2.00. The van der Waals surface area contributed by atoms with Crippen molar-refractivity contribution >= 4 is 0 Å². The third-order valence-corrected chi connectivity index (χ3v) is 3.64. The van der Waals surface area contributed by atoms with Crippen molar-refractivity contribution in [1.82, 2.24) is 0 Å². The van der Waals surface area contributed by atoms with Crippen molar-refractivity contribution in [2.24, 2.45) is 5.73 Å². The minimum atomic E-state index is 0.138. The quantitative estimate of drug-likeness (QED) is 0.882. The Balaban J connectivity index is 2.31. The summed E-state index contributed by atoms with van der Waals surface area (Å²) >= 11 is 0. The van der Waals surface area contributed by atoms with Crippen molar-refractivity contribution in [2.75, 3.05) is 14.2 Å². The van der Waals surface area contributed by atoms with Crippen molar-refractivity contribution in [3.8, 4) is 11.5 Å². The summed E-state index contributed by atoms with van der Waals surface area (Å²) in [6.45, 7) is 2.04. The van der Waals surface area contributed by atoms with Gasteiger partial charge in [-0.15, -0.1) is 0 Å². The predicted molar refractivity (Wildman–Crippen MR) is 86.1 cm³/mol. The summed E-state index contributed by atoms with van der Waals surface area (Å²) in [6, 6.07) is 16.5. The van der Waals surface area contributed by atoms with E-state index in [1.165, 1.54) is 11.1 Å². The molecule has 2 aromatic carbocycles. The van der Waals surface area contributed by atoms with Crippen LogP contribution in [0.1, 0.15) is 30.4 Å². The lowest BCUT2D eigenvalue weighted by atomic mass is 9.86. The highest BCUT2D eigenvalue weighted by atomic mass is 16.5. The predicted octanol–water partition coefficient (Wildman–Crippen LogP) is 3.57. The van der Waals surface area contributed by atoms with E-state index in [1.807, 2.05) is 31.2 Å². The maximum atomic E-state index is 6.03. The van der Waals surface area contributed by atoms with Crippen LogP contribution >= 0.6 is 0 Å². The standard InChI is InChI=1S/C18H23NO2/c1-13(19)12-18(14-4-8-16(20-2)9-5-14)15-6-10-17(21-3)11-7-15/h4-11,13,18H,12,19H2,1-3H3/t13-/m1/s1. The van der Waals surface area contributed by atoms with E-state index in [0.717, 1.165) is 17.9 Å². The van der Waals surface area contributed by atoms with Gasteiger partial charge in [-0.25, -0.2) is 0 Å². The minimum Gasteiger partial charge on any atom is -0.497 e. The van der Waals surface area contributed by atoms with Gasteiger partial charge in [-0.2, -0.15) is 0 Å². The third kappa shape index (κ3) is 3.99. The molecule has 3 nitrogen and oxygen atoms in total. The molecule has 2 aromatic rings. The maximum absolute atomic E-state index is 6.03. The largest absolute Gasteiger partial charge is 0.497 e. The number of hydrogen-bond acceptors (Lipinski definition) is 3. The smallest absolute Gasteiger partial charge is 0.118 e. The van der Waals surface area contributed by atoms with E-state index in [1.54, 1.807) is 14.2 Å². The van der Waals surface area contributed by atoms with Gasteiger partial charge in [-0.1, -0.05) is 24.3 Å². The molecule has 0 radical (unpaired) electrons. The molecule has 0 aliphatic carbocycles. The first kappa shape index (κ1) is 15.4. The fourth-order valence-electron chi connectivity index (χ4n) is 2.51. The van der Waals surface area contributed by atoms with Gasteiger partial charge in [0.2, 0.25) is 0 Å². The molecule has 3 heteroatoms. The summed E-state index contributed by atoms with van der Waals surface area (Å²) in [6.07, 6.45) is 0.901. The van der Waals surface area contributed by atoms with Crippen LogP contribution in [0.25, 0.3) is 0 Å². The monoisotopic (exact) mass is 285 g/mol. The zero-order valence-electron chi connectivity index (χ0n) is 12.9. The van der Waals surface area contributed by atoms with E-state index in [-0.39, 0.29) is 12.0 Å². The molecule has 0 saturated carbocycles. The SMILES string of the molecule is COc1ccc(C(C[C@@H](C)N)c2ccc(OC)cc2)cc1. The molecule has 1 atom stereocenters. The van der Waals surface area contributed by atoms with Crippen molar-refractivity contribution in [3.05, 3.63) is 59.7 Å². The molecule has 0 aliphatic heterocycles. The van der Waals surface area contributed by atoms with Crippen molar-refractivity contribution < 1.29 is 9.47 Å². The van der Waals surface area contributed by atoms with E-state index in [4.69, 9.17) is 15.2 Å². The minimum absolute atomic E-state index is 0.138. The van der Waals surface area contributed by atoms with Gasteiger partial charge in [0.15, 0.2) is 0 Å². The zero-order valence-corrected chi connectivity index (χ0v) is 12.9. The fourth-order valence-corrected chi connectivity index (χ4v) is 2.51. The lowest BCUT2D eigenvalue weighted by Crippen LogP contribution is -2.19. The molecule has 0 heterocycles. The first-order valence-electron chi connectivity index (χ1n) is 7.17. The first-order valence-corrected chi connectivity index (χ1v) is 7.17. The van der Waals surface area contributed by atoms with Crippen LogP contribution < -0.4 is 15.2 Å². The number of hydrogen-bond donors (Lipinski definition) is 1. The van der Waals surface area contributed by atoms with Gasteiger partial charge in [0.25, 0.3) is 0 Å². The molecule has 112 valence electrons. The molecule has 21 heavy (non-hydrogen) atoms. The van der Waals surface area contributed by atoms with Crippen LogP contribution in [0, 0.1) is 0 Å². The molecule has 2 rings (SSSR count). The second-order valence-corrected chi connectivity index (χ2v) is 5.31. The van der Waals surface area contributed by atoms with Gasteiger partial charge in [0.1, 0.15) is 11.5 Å². The van der Waals surface area contributed by atoms with Crippen molar-refractivity contribution in [1.29, 1.82) is 0 Å². The van der Waals surface area contributed by atoms with E-state index < -0.39 is 0 Å². The van der Waals surface area contributed by atoms with Crippen LogP contribution in [0.3, 0.4) is 0 Å². The second-order valence-electron chi connectivity index (χ2n) is 5.31. The van der Waals surface area contributed by atoms with Gasteiger partial charge in [-0.05, 0) is 48.7 Å². The molecule has 0 saturated heterocycles.